The first kappa shape index (κ1) is 22.8. The molecule has 6 heteroatoms. The molecule has 2 heterocycles. The Morgan fingerprint density at radius 3 is 2.37 bits per heavy atom. The summed E-state index contributed by atoms with van der Waals surface area (Å²) in [7, 11) is 0. The molecule has 0 aliphatic carbocycles. The number of rotatable bonds is 5. The molecule has 2 amide bonds. The Labute approximate surface area is 181 Å². The Morgan fingerprint density at radius 2 is 1.73 bits per heavy atom. The molecule has 0 saturated carbocycles. The third-order valence-corrected chi connectivity index (χ3v) is 7.05. The van der Waals surface area contributed by atoms with Crippen molar-refractivity contribution in [3.05, 3.63) is 29.3 Å². The summed E-state index contributed by atoms with van der Waals surface area (Å²) >= 11 is 0. The van der Waals surface area contributed by atoms with Gasteiger partial charge in [0.2, 0.25) is 0 Å². The van der Waals surface area contributed by atoms with E-state index in [1.165, 1.54) is 21.8 Å². The monoisotopic (exact) mass is 416 g/mol. The van der Waals surface area contributed by atoms with E-state index < -0.39 is 0 Å². The van der Waals surface area contributed by atoms with Crippen LogP contribution in [0.2, 0.25) is 0 Å². The molecule has 2 saturated heterocycles. The first-order chi connectivity index (χ1) is 14.2. The number of hydrogen-bond donors (Lipinski definition) is 3. The second-order valence-corrected chi connectivity index (χ2v) is 9.79. The zero-order chi connectivity index (χ0) is 21.8. The van der Waals surface area contributed by atoms with Gasteiger partial charge >= 0.3 is 0 Å². The maximum atomic E-state index is 13.0. The van der Waals surface area contributed by atoms with Crippen LogP contribution in [-0.2, 0) is 9.59 Å². The molecular formula is C24H40N4O2+2. The van der Waals surface area contributed by atoms with Crippen LogP contribution in [0, 0.1) is 25.7 Å². The molecule has 2 aliphatic heterocycles. The maximum absolute atomic E-state index is 13.0. The summed E-state index contributed by atoms with van der Waals surface area (Å²) in [6.45, 7) is 16.7. The van der Waals surface area contributed by atoms with Gasteiger partial charge in [-0.3, -0.25) is 9.59 Å². The molecule has 3 N–H and O–H groups in total. The van der Waals surface area contributed by atoms with Crippen molar-refractivity contribution in [3.63, 3.8) is 0 Å². The predicted octanol–water partition coefficient (Wildman–Crippen LogP) is -0.0817. The Morgan fingerprint density at radius 1 is 1.10 bits per heavy atom. The minimum absolute atomic E-state index is 0.00724. The molecule has 0 radical (unpaired) electrons. The average Bonchev–Trinajstić information content (AvgIpc) is 2.70. The number of carbonyl (C=O) groups excluding carboxylic acids is 2. The second kappa shape index (κ2) is 9.92. The standard InChI is InChI=1S/C24H38N4O2/c1-17-13-18(2)15-28(14-17)24(30)21(5)27-11-9-26(10-12-27)16-23(29)25-22-8-6-7-19(3)20(22)4/h6-8,17-18,21H,9-16H2,1-5H3,(H,25,29)/p+2/t17-,18-,21-/m0/s1. The second-order valence-electron chi connectivity index (χ2n) is 9.79. The predicted molar refractivity (Wildman–Crippen MR) is 120 cm³/mol. The van der Waals surface area contributed by atoms with E-state index in [0.29, 0.717) is 24.3 Å². The Hall–Kier alpha value is -1.92. The van der Waals surface area contributed by atoms with Gasteiger partial charge in [0, 0.05) is 18.8 Å². The van der Waals surface area contributed by atoms with Crippen molar-refractivity contribution in [2.45, 2.75) is 47.1 Å². The van der Waals surface area contributed by atoms with Gasteiger partial charge in [-0.1, -0.05) is 26.0 Å². The van der Waals surface area contributed by atoms with Crippen molar-refractivity contribution in [2.24, 2.45) is 11.8 Å². The molecular weight excluding hydrogens is 376 g/mol. The third kappa shape index (κ3) is 5.61. The molecule has 0 spiro atoms. The van der Waals surface area contributed by atoms with Crippen molar-refractivity contribution in [1.82, 2.24) is 4.90 Å². The number of hydrogen-bond acceptors (Lipinski definition) is 2. The highest BCUT2D eigenvalue weighted by Gasteiger charge is 2.36. The van der Waals surface area contributed by atoms with E-state index in [9.17, 15) is 9.59 Å². The van der Waals surface area contributed by atoms with Crippen LogP contribution in [-0.4, -0.2) is 68.6 Å². The van der Waals surface area contributed by atoms with Crippen LogP contribution in [0.4, 0.5) is 5.69 Å². The molecule has 0 bridgehead atoms. The molecule has 1 aromatic carbocycles. The lowest BCUT2D eigenvalue weighted by atomic mass is 9.91. The Bertz CT molecular complexity index is 748. The number of nitrogens with one attached hydrogen (secondary N) is 3. The quantitative estimate of drug-likeness (QED) is 0.629. The smallest absolute Gasteiger partial charge is 0.280 e. The van der Waals surface area contributed by atoms with Gasteiger partial charge in [-0.15, -0.1) is 0 Å². The van der Waals surface area contributed by atoms with Crippen LogP contribution in [0.3, 0.4) is 0 Å². The van der Waals surface area contributed by atoms with Gasteiger partial charge in [0.05, 0.1) is 0 Å². The van der Waals surface area contributed by atoms with Crippen molar-refractivity contribution in [3.8, 4) is 0 Å². The third-order valence-electron chi connectivity index (χ3n) is 7.05. The number of anilines is 1. The molecule has 166 valence electrons. The normalized spacial score (nSPS) is 28.1. The molecule has 1 aromatic rings. The van der Waals surface area contributed by atoms with E-state index in [1.54, 1.807) is 0 Å². The summed E-state index contributed by atoms with van der Waals surface area (Å²) in [4.78, 5) is 30.3. The van der Waals surface area contributed by atoms with Crippen LogP contribution in [0.15, 0.2) is 18.2 Å². The first-order valence-electron chi connectivity index (χ1n) is 11.6. The average molecular weight is 417 g/mol. The first-order valence-corrected chi connectivity index (χ1v) is 11.6. The van der Waals surface area contributed by atoms with Crippen LogP contribution in [0.5, 0.6) is 0 Å². The van der Waals surface area contributed by atoms with Crippen LogP contribution < -0.4 is 15.1 Å². The fraction of sp³-hybridized carbons (Fsp3) is 0.667. The minimum atomic E-state index is 0.00724. The van der Waals surface area contributed by atoms with Crippen molar-refractivity contribution >= 4 is 17.5 Å². The molecule has 2 aliphatic rings. The molecule has 3 atom stereocenters. The molecule has 6 nitrogen and oxygen atoms in total. The van der Waals surface area contributed by atoms with Gasteiger partial charge in [0.15, 0.2) is 12.6 Å². The highest BCUT2D eigenvalue weighted by atomic mass is 16.2. The van der Waals surface area contributed by atoms with E-state index >= 15 is 0 Å². The lowest BCUT2D eigenvalue weighted by Crippen LogP contribution is -3.30. The lowest BCUT2D eigenvalue weighted by molar-refractivity contribution is -1.01. The van der Waals surface area contributed by atoms with Gasteiger partial charge in [-0.25, -0.2) is 0 Å². The summed E-state index contributed by atoms with van der Waals surface area (Å²) in [6, 6.07) is 6.02. The van der Waals surface area contributed by atoms with E-state index in [2.05, 4.69) is 44.0 Å². The van der Waals surface area contributed by atoms with Gasteiger partial charge in [0.1, 0.15) is 26.2 Å². The van der Waals surface area contributed by atoms with Gasteiger partial charge in [0.25, 0.3) is 11.8 Å². The number of amides is 2. The highest BCUT2D eigenvalue weighted by molar-refractivity contribution is 5.92. The van der Waals surface area contributed by atoms with Crippen LogP contribution in [0.1, 0.15) is 38.3 Å². The molecule has 0 unspecified atom stereocenters. The van der Waals surface area contributed by atoms with E-state index in [-0.39, 0.29) is 11.9 Å². The number of carbonyl (C=O) groups is 2. The van der Waals surface area contributed by atoms with Crippen LogP contribution >= 0.6 is 0 Å². The van der Waals surface area contributed by atoms with Crippen molar-refractivity contribution < 1.29 is 19.4 Å². The largest absolute Gasteiger partial charge is 0.337 e. The zero-order valence-electron chi connectivity index (χ0n) is 19.4. The number of nitrogens with zero attached hydrogens (tertiary/aromatic N) is 1. The Balaban J connectivity index is 1.46. The zero-order valence-corrected chi connectivity index (χ0v) is 19.4. The SMILES string of the molecule is Cc1cccc(NC(=O)C[NH+]2CC[NH+]([C@@H](C)C(=O)N3C[C@@H](C)C[C@H](C)C3)CC2)c1C. The fourth-order valence-corrected chi connectivity index (χ4v) is 5.13. The summed E-state index contributed by atoms with van der Waals surface area (Å²) in [5.41, 5.74) is 3.23. The summed E-state index contributed by atoms with van der Waals surface area (Å²) < 4.78 is 0. The summed E-state index contributed by atoms with van der Waals surface area (Å²) in [5, 5.41) is 3.07. The van der Waals surface area contributed by atoms with Crippen LogP contribution in [0.25, 0.3) is 0 Å². The van der Waals surface area contributed by atoms with Gasteiger partial charge in [-0.05, 0) is 56.2 Å². The number of piperazine rings is 1. The topological polar surface area (TPSA) is 58.3 Å². The fourth-order valence-electron chi connectivity index (χ4n) is 5.13. The highest BCUT2D eigenvalue weighted by Crippen LogP contribution is 2.21. The number of piperidine rings is 1. The molecule has 3 rings (SSSR count). The van der Waals surface area contributed by atoms with Crippen molar-refractivity contribution in [1.29, 1.82) is 0 Å². The molecule has 2 fully saturated rings. The molecule has 30 heavy (non-hydrogen) atoms. The minimum Gasteiger partial charge on any atom is -0.337 e. The van der Waals surface area contributed by atoms with Gasteiger partial charge in [-0.2, -0.15) is 0 Å². The van der Waals surface area contributed by atoms with E-state index in [0.717, 1.165) is 50.5 Å². The number of likely N-dealkylation sites (tertiary alicyclic amines) is 1. The summed E-state index contributed by atoms with van der Waals surface area (Å²) in [5.74, 6) is 1.57. The van der Waals surface area contributed by atoms with E-state index in [4.69, 9.17) is 0 Å². The molecule has 0 aromatic heterocycles. The number of aryl methyl sites for hydroxylation is 1. The Kier molecular flexibility index (Phi) is 7.53. The van der Waals surface area contributed by atoms with Gasteiger partial charge < -0.3 is 20.0 Å². The number of benzene rings is 1. The van der Waals surface area contributed by atoms with E-state index in [1.807, 2.05) is 19.1 Å². The van der Waals surface area contributed by atoms with Crippen molar-refractivity contribution in [2.75, 3.05) is 51.1 Å². The number of quaternary nitrogens is 2. The lowest BCUT2D eigenvalue weighted by Gasteiger charge is -2.38. The maximum Gasteiger partial charge on any atom is 0.280 e. The summed E-state index contributed by atoms with van der Waals surface area (Å²) in [6.07, 6.45) is 1.22.